The third-order valence-corrected chi connectivity index (χ3v) is 3.39. The molecule has 0 fully saturated rings. The number of rotatable bonds is 6. The SMILES string of the molecule is CC.CNC(C(=O)C(C)C)C(C)SC(C)C.[HH]. The summed E-state index contributed by atoms with van der Waals surface area (Å²) in [5, 5.41) is 4.03. The Bertz CT molecular complexity index is 186. The summed E-state index contributed by atoms with van der Waals surface area (Å²) in [6.45, 7) is 14.4. The van der Waals surface area contributed by atoms with Crippen molar-refractivity contribution in [3.63, 3.8) is 0 Å². The summed E-state index contributed by atoms with van der Waals surface area (Å²) in [6.07, 6.45) is 0. The zero-order chi connectivity index (χ0) is 13.3. The molecule has 1 N–H and O–H groups in total. The zero-order valence-corrected chi connectivity index (χ0v) is 12.9. The van der Waals surface area contributed by atoms with Crippen LogP contribution in [0.4, 0.5) is 0 Å². The van der Waals surface area contributed by atoms with Gasteiger partial charge in [0.2, 0.25) is 0 Å². The first-order valence-corrected chi connectivity index (χ1v) is 7.20. The minimum absolute atomic E-state index is 0. The second kappa shape index (κ2) is 10.2. The Labute approximate surface area is 107 Å². The summed E-state index contributed by atoms with van der Waals surface area (Å²) in [4.78, 5) is 11.8. The molecule has 16 heavy (non-hydrogen) atoms. The van der Waals surface area contributed by atoms with Gasteiger partial charge < -0.3 is 5.32 Å². The number of hydrogen-bond acceptors (Lipinski definition) is 3. The quantitative estimate of drug-likeness (QED) is 0.780. The number of Topliss-reactive ketones (excluding diaryl/α,β-unsaturated/α-hetero) is 1. The van der Waals surface area contributed by atoms with Crippen LogP contribution in [-0.4, -0.2) is 29.4 Å². The maximum atomic E-state index is 11.8. The summed E-state index contributed by atoms with van der Waals surface area (Å²) >= 11 is 1.85. The molecule has 0 saturated carbocycles. The van der Waals surface area contributed by atoms with Crippen LogP contribution in [0.25, 0.3) is 0 Å². The molecule has 0 bridgehead atoms. The van der Waals surface area contributed by atoms with Crippen molar-refractivity contribution < 1.29 is 6.22 Å². The van der Waals surface area contributed by atoms with Crippen LogP contribution in [0.3, 0.4) is 0 Å². The van der Waals surface area contributed by atoms with E-state index >= 15 is 0 Å². The third kappa shape index (κ3) is 7.29. The zero-order valence-electron chi connectivity index (χ0n) is 12.1. The van der Waals surface area contributed by atoms with Gasteiger partial charge in [-0.1, -0.05) is 48.5 Å². The lowest BCUT2D eigenvalue weighted by Gasteiger charge is -2.24. The molecule has 100 valence electrons. The molecule has 0 saturated heterocycles. The summed E-state index contributed by atoms with van der Waals surface area (Å²) in [5.41, 5.74) is 0. The molecule has 0 rings (SSSR count). The van der Waals surface area contributed by atoms with Crippen LogP contribution in [0.2, 0.25) is 0 Å². The van der Waals surface area contributed by atoms with E-state index < -0.39 is 0 Å². The highest BCUT2D eigenvalue weighted by Gasteiger charge is 2.25. The van der Waals surface area contributed by atoms with Gasteiger partial charge in [-0.3, -0.25) is 4.79 Å². The van der Waals surface area contributed by atoms with E-state index in [1.807, 2.05) is 46.5 Å². The van der Waals surface area contributed by atoms with Gasteiger partial charge in [-0.15, -0.1) is 0 Å². The maximum Gasteiger partial charge on any atom is 0.153 e. The molecule has 0 aromatic rings. The number of ketones is 1. The number of hydrogen-bond donors (Lipinski definition) is 1. The van der Waals surface area contributed by atoms with E-state index in [0.717, 1.165) is 0 Å². The molecule has 0 aliphatic carbocycles. The number of thioether (sulfide) groups is 1. The van der Waals surface area contributed by atoms with Crippen molar-refractivity contribution >= 4 is 17.5 Å². The van der Waals surface area contributed by atoms with Gasteiger partial charge in [0.05, 0.1) is 6.04 Å². The molecule has 0 heterocycles. The fourth-order valence-electron chi connectivity index (χ4n) is 1.48. The molecular formula is C13H31NOS. The minimum atomic E-state index is -0.0117. The van der Waals surface area contributed by atoms with Crippen LogP contribution < -0.4 is 5.32 Å². The van der Waals surface area contributed by atoms with Crippen molar-refractivity contribution in [1.82, 2.24) is 5.32 Å². The van der Waals surface area contributed by atoms with Gasteiger partial charge in [0.15, 0.2) is 5.78 Å². The Morgan fingerprint density at radius 3 is 1.81 bits per heavy atom. The molecule has 0 amide bonds. The molecular weight excluding hydrogens is 218 g/mol. The molecule has 2 unspecified atom stereocenters. The molecule has 2 nitrogen and oxygen atoms in total. The Kier molecular flexibility index (Phi) is 11.6. The Morgan fingerprint density at radius 2 is 1.56 bits per heavy atom. The van der Waals surface area contributed by atoms with Gasteiger partial charge in [-0.2, -0.15) is 11.8 Å². The normalized spacial score (nSPS) is 14.4. The Balaban J connectivity index is -0.000000616. The smallest absolute Gasteiger partial charge is 0.153 e. The van der Waals surface area contributed by atoms with Gasteiger partial charge in [-0.25, -0.2) is 0 Å². The van der Waals surface area contributed by atoms with Gasteiger partial charge in [0.25, 0.3) is 0 Å². The Hall–Kier alpha value is -0.0200. The second-order valence-electron chi connectivity index (χ2n) is 4.21. The molecule has 0 aliphatic rings. The van der Waals surface area contributed by atoms with Crippen LogP contribution in [0.15, 0.2) is 0 Å². The highest BCUT2D eigenvalue weighted by atomic mass is 32.2. The molecule has 0 radical (unpaired) electrons. The Morgan fingerprint density at radius 1 is 1.12 bits per heavy atom. The van der Waals surface area contributed by atoms with Crippen molar-refractivity contribution in [2.75, 3.05) is 7.05 Å². The number of likely N-dealkylation sites (N-methyl/N-ethyl adjacent to an activating group) is 1. The fourth-order valence-corrected chi connectivity index (χ4v) is 2.76. The summed E-state index contributed by atoms with van der Waals surface area (Å²) < 4.78 is 0. The largest absolute Gasteiger partial charge is 0.310 e. The maximum absolute atomic E-state index is 11.8. The molecule has 0 aromatic carbocycles. The summed E-state index contributed by atoms with van der Waals surface area (Å²) in [6, 6.07) is -0.0117. The standard InChI is InChI=1S/C11H23NOS.C2H6.H2/c1-7(2)11(13)10(12-6)9(5)14-8(3)4;1-2;/h7-10,12H,1-6H3;1-2H3;1H. The number of nitrogens with one attached hydrogen (secondary N) is 1. The number of carbonyl (C=O) groups excluding carboxylic acids is 1. The van der Waals surface area contributed by atoms with Crippen LogP contribution >= 0.6 is 11.8 Å². The average molecular weight is 249 g/mol. The van der Waals surface area contributed by atoms with Crippen LogP contribution in [0.1, 0.15) is 49.9 Å². The van der Waals surface area contributed by atoms with Crippen molar-refractivity contribution in [2.24, 2.45) is 5.92 Å². The molecule has 0 aliphatic heterocycles. The van der Waals surface area contributed by atoms with E-state index in [1.165, 1.54) is 0 Å². The molecule has 2 atom stereocenters. The first kappa shape index (κ1) is 18.3. The van der Waals surface area contributed by atoms with Crippen LogP contribution in [0, 0.1) is 5.92 Å². The number of carbonyl (C=O) groups is 1. The van der Waals surface area contributed by atoms with Crippen molar-refractivity contribution in [2.45, 2.75) is 65.0 Å². The predicted octanol–water partition coefficient (Wildman–Crippen LogP) is 3.60. The van der Waals surface area contributed by atoms with Crippen molar-refractivity contribution in [3.8, 4) is 0 Å². The van der Waals surface area contributed by atoms with E-state index in [9.17, 15) is 4.79 Å². The van der Waals surface area contributed by atoms with Gasteiger partial charge in [0.1, 0.15) is 0 Å². The van der Waals surface area contributed by atoms with E-state index in [2.05, 4.69) is 26.1 Å². The molecule has 3 heteroatoms. The molecule has 0 spiro atoms. The van der Waals surface area contributed by atoms with Crippen molar-refractivity contribution in [1.29, 1.82) is 0 Å². The summed E-state index contributed by atoms with van der Waals surface area (Å²) in [5.74, 6) is 0.427. The minimum Gasteiger partial charge on any atom is -0.310 e. The van der Waals surface area contributed by atoms with E-state index in [1.54, 1.807) is 0 Å². The summed E-state index contributed by atoms with van der Waals surface area (Å²) in [7, 11) is 1.86. The van der Waals surface area contributed by atoms with E-state index in [-0.39, 0.29) is 13.4 Å². The monoisotopic (exact) mass is 249 g/mol. The van der Waals surface area contributed by atoms with Gasteiger partial charge >= 0.3 is 0 Å². The van der Waals surface area contributed by atoms with Gasteiger partial charge in [-0.05, 0) is 12.3 Å². The highest BCUT2D eigenvalue weighted by molar-refractivity contribution is 8.00. The average Bonchev–Trinajstić information content (AvgIpc) is 2.20. The molecule has 0 aromatic heterocycles. The third-order valence-electron chi connectivity index (χ3n) is 2.14. The van der Waals surface area contributed by atoms with E-state index in [4.69, 9.17) is 0 Å². The van der Waals surface area contributed by atoms with Crippen LogP contribution in [-0.2, 0) is 4.79 Å². The van der Waals surface area contributed by atoms with E-state index in [0.29, 0.717) is 16.3 Å². The van der Waals surface area contributed by atoms with Gasteiger partial charge in [0, 0.05) is 12.6 Å². The fraction of sp³-hybridized carbons (Fsp3) is 0.923. The second-order valence-corrected chi connectivity index (χ2v) is 6.17. The topological polar surface area (TPSA) is 29.1 Å². The lowest BCUT2D eigenvalue weighted by atomic mass is 10.00. The lowest BCUT2D eigenvalue weighted by Crippen LogP contribution is -2.43. The van der Waals surface area contributed by atoms with Crippen molar-refractivity contribution in [3.05, 3.63) is 0 Å². The first-order chi connectivity index (χ1) is 7.40. The highest BCUT2D eigenvalue weighted by Crippen LogP contribution is 2.21. The first-order valence-electron chi connectivity index (χ1n) is 6.26. The predicted molar refractivity (Wildman–Crippen MR) is 78.3 cm³/mol. The lowest BCUT2D eigenvalue weighted by molar-refractivity contribution is -0.123. The van der Waals surface area contributed by atoms with Crippen LogP contribution in [0.5, 0.6) is 0 Å².